The molecule has 1 unspecified atom stereocenters. The highest BCUT2D eigenvalue weighted by molar-refractivity contribution is 5.94. The molecule has 6 heteroatoms. The summed E-state index contributed by atoms with van der Waals surface area (Å²) in [6.45, 7) is 8.01. The number of benzene rings is 5. The van der Waals surface area contributed by atoms with Crippen molar-refractivity contribution in [2.75, 3.05) is 19.7 Å². The summed E-state index contributed by atoms with van der Waals surface area (Å²) in [5.41, 5.74) is 14.7. The molecular formula is C42H45N3O3. The standard InChI is InChI=1S/C42H45N3O3/c1-31-26-38(27-32(2)33(31)3)42(47)45(29-35-16-9-5-10-17-35)25-13-24-44(28-34-14-7-4-8-15-34)40(46)30-48-39-22-20-37(21-23-39)41(43)36-18-11-6-12-19-36/h4-12,14-23,26-27,41H,13,24-25,28-30,43H2,1-3H3. The monoisotopic (exact) mass is 639 g/mol. The molecule has 0 bridgehead atoms. The molecule has 5 rings (SSSR count). The third-order valence-electron chi connectivity index (χ3n) is 8.86. The van der Waals surface area contributed by atoms with Gasteiger partial charge in [-0.3, -0.25) is 9.59 Å². The van der Waals surface area contributed by atoms with Crippen molar-refractivity contribution < 1.29 is 14.3 Å². The van der Waals surface area contributed by atoms with E-state index in [1.165, 1.54) is 5.56 Å². The average Bonchev–Trinajstić information content (AvgIpc) is 3.12. The van der Waals surface area contributed by atoms with Crippen molar-refractivity contribution in [1.82, 2.24) is 9.80 Å². The van der Waals surface area contributed by atoms with Crippen LogP contribution in [0, 0.1) is 20.8 Å². The molecule has 0 aliphatic carbocycles. The van der Waals surface area contributed by atoms with E-state index in [0.717, 1.165) is 33.4 Å². The highest BCUT2D eigenvalue weighted by atomic mass is 16.5. The van der Waals surface area contributed by atoms with Crippen LogP contribution in [0.3, 0.4) is 0 Å². The van der Waals surface area contributed by atoms with Crippen LogP contribution in [-0.2, 0) is 17.9 Å². The quantitative estimate of drug-likeness (QED) is 0.135. The van der Waals surface area contributed by atoms with Gasteiger partial charge in [0.25, 0.3) is 11.8 Å². The van der Waals surface area contributed by atoms with Gasteiger partial charge in [0.2, 0.25) is 0 Å². The molecule has 246 valence electrons. The van der Waals surface area contributed by atoms with Crippen LogP contribution in [0.25, 0.3) is 0 Å². The summed E-state index contributed by atoms with van der Waals surface area (Å²) < 4.78 is 5.96. The van der Waals surface area contributed by atoms with Crippen LogP contribution in [0.2, 0.25) is 0 Å². The highest BCUT2D eigenvalue weighted by Gasteiger charge is 2.20. The Labute approximate surface area is 284 Å². The Balaban J connectivity index is 1.26. The topological polar surface area (TPSA) is 75.9 Å². The number of nitrogens with zero attached hydrogens (tertiary/aromatic N) is 2. The van der Waals surface area contributed by atoms with Crippen molar-refractivity contribution in [3.05, 3.63) is 172 Å². The van der Waals surface area contributed by atoms with E-state index in [9.17, 15) is 9.59 Å². The Kier molecular flexibility index (Phi) is 11.8. The summed E-state index contributed by atoms with van der Waals surface area (Å²) in [6.07, 6.45) is 0.618. The van der Waals surface area contributed by atoms with Gasteiger partial charge in [0.1, 0.15) is 5.75 Å². The minimum absolute atomic E-state index is 0.00949. The van der Waals surface area contributed by atoms with Crippen LogP contribution in [0.4, 0.5) is 0 Å². The summed E-state index contributed by atoms with van der Waals surface area (Å²) >= 11 is 0. The van der Waals surface area contributed by atoms with Gasteiger partial charge in [-0.05, 0) is 90.4 Å². The van der Waals surface area contributed by atoms with Gasteiger partial charge >= 0.3 is 0 Å². The molecule has 0 aliphatic rings. The van der Waals surface area contributed by atoms with Crippen molar-refractivity contribution in [1.29, 1.82) is 0 Å². The van der Waals surface area contributed by atoms with E-state index in [2.05, 4.69) is 6.92 Å². The van der Waals surface area contributed by atoms with Gasteiger partial charge in [0.05, 0.1) is 6.04 Å². The van der Waals surface area contributed by atoms with Crippen molar-refractivity contribution >= 4 is 11.8 Å². The summed E-state index contributed by atoms with van der Waals surface area (Å²) in [7, 11) is 0. The molecule has 0 saturated carbocycles. The number of nitrogens with two attached hydrogens (primary N) is 1. The number of carbonyl (C=O) groups is 2. The fourth-order valence-electron chi connectivity index (χ4n) is 5.81. The van der Waals surface area contributed by atoms with Crippen LogP contribution in [0.1, 0.15) is 61.8 Å². The van der Waals surface area contributed by atoms with Gasteiger partial charge in [0, 0.05) is 31.7 Å². The van der Waals surface area contributed by atoms with Gasteiger partial charge in [-0.15, -0.1) is 0 Å². The van der Waals surface area contributed by atoms with E-state index in [1.54, 1.807) is 0 Å². The van der Waals surface area contributed by atoms with Crippen molar-refractivity contribution in [3.8, 4) is 5.75 Å². The number of carbonyl (C=O) groups excluding carboxylic acids is 2. The number of hydrogen-bond donors (Lipinski definition) is 1. The normalized spacial score (nSPS) is 11.5. The van der Waals surface area contributed by atoms with Crippen LogP contribution < -0.4 is 10.5 Å². The first-order chi connectivity index (χ1) is 23.3. The lowest BCUT2D eigenvalue weighted by Gasteiger charge is -2.27. The van der Waals surface area contributed by atoms with Gasteiger partial charge in [-0.1, -0.05) is 103 Å². The van der Waals surface area contributed by atoms with E-state index in [1.807, 2.05) is 151 Å². The molecule has 0 fully saturated rings. The number of rotatable bonds is 14. The van der Waals surface area contributed by atoms with Crippen molar-refractivity contribution in [3.63, 3.8) is 0 Å². The van der Waals surface area contributed by atoms with Gasteiger partial charge in [-0.2, -0.15) is 0 Å². The van der Waals surface area contributed by atoms with Crippen LogP contribution in [0.15, 0.2) is 127 Å². The zero-order chi connectivity index (χ0) is 33.9. The molecule has 0 aliphatic heterocycles. The third kappa shape index (κ3) is 9.20. The minimum atomic E-state index is -0.240. The van der Waals surface area contributed by atoms with E-state index in [0.29, 0.717) is 43.9 Å². The molecule has 5 aromatic rings. The van der Waals surface area contributed by atoms with Crippen LogP contribution in [-0.4, -0.2) is 41.3 Å². The first-order valence-electron chi connectivity index (χ1n) is 16.5. The number of hydrogen-bond acceptors (Lipinski definition) is 4. The molecule has 6 nitrogen and oxygen atoms in total. The fraction of sp³-hybridized carbons (Fsp3) is 0.238. The predicted octanol–water partition coefficient (Wildman–Crippen LogP) is 7.80. The van der Waals surface area contributed by atoms with Gasteiger partial charge in [-0.25, -0.2) is 0 Å². The molecule has 0 saturated heterocycles. The summed E-state index contributed by atoms with van der Waals surface area (Å²) in [6, 6.07) is 41.2. The molecular weight excluding hydrogens is 594 g/mol. The van der Waals surface area contributed by atoms with E-state index >= 15 is 0 Å². The second-order valence-corrected chi connectivity index (χ2v) is 12.3. The van der Waals surface area contributed by atoms with Gasteiger partial charge < -0.3 is 20.3 Å². The fourth-order valence-corrected chi connectivity index (χ4v) is 5.81. The van der Waals surface area contributed by atoms with Gasteiger partial charge in [0.15, 0.2) is 6.61 Å². The Bertz CT molecular complexity index is 1750. The minimum Gasteiger partial charge on any atom is -0.484 e. The largest absolute Gasteiger partial charge is 0.484 e. The van der Waals surface area contributed by atoms with Crippen molar-refractivity contribution in [2.45, 2.75) is 46.3 Å². The van der Waals surface area contributed by atoms with Crippen LogP contribution >= 0.6 is 0 Å². The maximum absolute atomic E-state index is 13.9. The van der Waals surface area contributed by atoms with E-state index in [-0.39, 0.29) is 24.5 Å². The zero-order valence-corrected chi connectivity index (χ0v) is 28.1. The van der Waals surface area contributed by atoms with E-state index < -0.39 is 0 Å². The molecule has 48 heavy (non-hydrogen) atoms. The summed E-state index contributed by atoms with van der Waals surface area (Å²) in [5.74, 6) is 0.481. The second-order valence-electron chi connectivity index (χ2n) is 12.3. The molecule has 1 atom stereocenters. The molecule has 0 radical (unpaired) electrons. The number of amides is 2. The Morgan fingerprint density at radius 2 is 1.12 bits per heavy atom. The molecule has 0 aromatic heterocycles. The SMILES string of the molecule is Cc1cc(C(=O)N(CCCN(Cc2ccccc2)C(=O)COc2ccc(C(N)c3ccccc3)cc2)Cc2ccccc2)cc(C)c1C. The smallest absolute Gasteiger partial charge is 0.260 e. The summed E-state index contributed by atoms with van der Waals surface area (Å²) in [5, 5.41) is 0. The Morgan fingerprint density at radius 1 is 0.646 bits per heavy atom. The molecule has 0 spiro atoms. The highest BCUT2D eigenvalue weighted by Crippen LogP contribution is 2.23. The third-order valence-corrected chi connectivity index (χ3v) is 8.86. The maximum atomic E-state index is 13.9. The van der Waals surface area contributed by atoms with E-state index in [4.69, 9.17) is 10.5 Å². The first kappa shape index (κ1) is 34.1. The number of ether oxygens (including phenoxy) is 1. The Morgan fingerprint density at radius 3 is 1.69 bits per heavy atom. The lowest BCUT2D eigenvalue weighted by atomic mass is 10.00. The zero-order valence-electron chi connectivity index (χ0n) is 28.1. The molecule has 5 aromatic carbocycles. The second kappa shape index (κ2) is 16.6. The summed E-state index contributed by atoms with van der Waals surface area (Å²) in [4.78, 5) is 31.2. The van der Waals surface area contributed by atoms with Crippen molar-refractivity contribution in [2.24, 2.45) is 5.73 Å². The first-order valence-corrected chi connectivity index (χ1v) is 16.5. The number of aryl methyl sites for hydroxylation is 2. The molecule has 2 amide bonds. The molecule has 2 N–H and O–H groups in total. The predicted molar refractivity (Wildman–Crippen MR) is 193 cm³/mol. The Hall–Kier alpha value is -5.20. The maximum Gasteiger partial charge on any atom is 0.260 e. The molecule has 0 heterocycles. The lowest BCUT2D eigenvalue weighted by molar-refractivity contribution is -0.134. The average molecular weight is 640 g/mol. The van der Waals surface area contributed by atoms with Crippen LogP contribution in [0.5, 0.6) is 5.75 Å². The lowest BCUT2D eigenvalue weighted by Crippen LogP contribution is -2.38.